The zero-order valence-electron chi connectivity index (χ0n) is 34.1. The van der Waals surface area contributed by atoms with Crippen LogP contribution in [0.1, 0.15) is 68.7 Å². The van der Waals surface area contributed by atoms with Gasteiger partial charge in [-0.2, -0.15) is 27.0 Å². The van der Waals surface area contributed by atoms with Gasteiger partial charge in [0, 0.05) is 35.3 Å². The van der Waals surface area contributed by atoms with E-state index in [1.807, 2.05) is 0 Å². The van der Waals surface area contributed by atoms with Crippen LogP contribution in [0.3, 0.4) is 0 Å². The Morgan fingerprint density at radius 2 is 0.864 bits per heavy atom. The molecule has 2 aliphatic carbocycles. The van der Waals surface area contributed by atoms with Crippen molar-refractivity contribution in [2.75, 3.05) is 21.5 Å². The van der Waals surface area contributed by atoms with E-state index in [2.05, 4.69) is 31.7 Å². The molecule has 5 aromatic rings. The summed E-state index contributed by atoms with van der Waals surface area (Å²) >= 11 is 0. The molecule has 0 heterocycles. The van der Waals surface area contributed by atoms with Crippen LogP contribution in [0.15, 0.2) is 115 Å². The molecule has 20 nitrogen and oxygen atoms in total. The van der Waals surface area contributed by atoms with Gasteiger partial charge in [0.1, 0.15) is 21.2 Å². The summed E-state index contributed by atoms with van der Waals surface area (Å²) in [6, 6.07) is 21.1. The van der Waals surface area contributed by atoms with Gasteiger partial charge < -0.3 is 20.8 Å². The molecule has 0 radical (unpaired) electrons. The molecule has 22 heteroatoms. The molecule has 338 valence electrons. The Labute approximate surface area is 374 Å². The van der Waals surface area contributed by atoms with Crippen molar-refractivity contribution in [2.45, 2.75) is 38.5 Å². The molecule has 7 rings (SSSR count). The molecule has 2 aliphatic rings. The lowest BCUT2D eigenvalue weighted by Gasteiger charge is -2.20. The Morgan fingerprint density at radius 3 is 1.20 bits per heavy atom. The molecule has 0 fully saturated rings. The normalized spacial score (nSPS) is 14.9. The molecule has 0 unspecified atom stereocenters. The number of carboxylic acid groups (broad SMARTS) is 2. The first-order valence-electron chi connectivity index (χ1n) is 19.7. The van der Waals surface area contributed by atoms with Gasteiger partial charge in [0.25, 0.3) is 31.1 Å². The topological polar surface area (TPSA) is 324 Å². The first-order valence-corrected chi connectivity index (χ1v) is 22.6. The number of fused-ring (bicyclic) bond motifs is 2. The molecule has 5 aromatic carbocycles. The number of aliphatic carboxylic acids is 2. The number of benzene rings is 4. The van der Waals surface area contributed by atoms with Crippen molar-refractivity contribution >= 4 is 101 Å². The van der Waals surface area contributed by atoms with Crippen molar-refractivity contribution in [2.24, 2.45) is 10.2 Å². The number of carbonyl (C=O) groups excluding carboxylic acids is 2. The monoisotopic (exact) mass is 936 g/mol. The van der Waals surface area contributed by atoms with Gasteiger partial charge in [0.15, 0.2) is 11.4 Å². The lowest BCUT2D eigenvalue weighted by molar-refractivity contribution is -0.138. The summed E-state index contributed by atoms with van der Waals surface area (Å²) < 4.78 is 70.1. The van der Waals surface area contributed by atoms with Crippen molar-refractivity contribution in [3.8, 4) is 0 Å². The van der Waals surface area contributed by atoms with E-state index in [1.54, 1.807) is 48.5 Å². The van der Waals surface area contributed by atoms with Crippen molar-refractivity contribution < 1.29 is 55.3 Å². The van der Waals surface area contributed by atoms with Crippen LogP contribution in [-0.4, -0.2) is 71.1 Å². The van der Waals surface area contributed by atoms with Crippen LogP contribution in [0.5, 0.6) is 0 Å². The first-order chi connectivity index (χ1) is 31.3. The minimum Gasteiger partial charge on any atom is -0.481 e. The Morgan fingerprint density at radius 1 is 0.515 bits per heavy atom. The zero-order chi connectivity index (χ0) is 47.5. The molecule has 0 bridgehead atoms. The SMILES string of the molecule is O=C(O)CCCc1ccc(N/N=C2\C(=O)c3ccc(Nc4c(Nc5ccc6c(c5)C=C(S(=O)(=O)O)/C(=N/Nc5ccc(CCCC(=O)O)cc5)C6=O)c(=O)c4=O)cc3C=C2S(=O)(=O)O)cc1. The van der Waals surface area contributed by atoms with E-state index < -0.39 is 75.8 Å². The number of Topliss-reactive ketones (excluding diaryl/α,β-unsaturated/α-hetero) is 2. The molecule has 0 spiro atoms. The van der Waals surface area contributed by atoms with Crippen LogP contribution in [0.25, 0.3) is 12.2 Å². The minimum atomic E-state index is -5.03. The summed E-state index contributed by atoms with van der Waals surface area (Å²) in [5.74, 6) is -3.57. The zero-order valence-corrected chi connectivity index (χ0v) is 35.7. The second-order valence-electron chi connectivity index (χ2n) is 14.9. The maximum absolute atomic E-state index is 13.6. The average molecular weight is 937 g/mol. The maximum atomic E-state index is 13.6. The van der Waals surface area contributed by atoms with Crippen molar-refractivity contribution in [3.05, 3.63) is 149 Å². The molecule has 0 saturated carbocycles. The van der Waals surface area contributed by atoms with Crippen LogP contribution in [0.4, 0.5) is 34.1 Å². The molecule has 0 aromatic heterocycles. The second-order valence-corrected chi connectivity index (χ2v) is 17.7. The van der Waals surface area contributed by atoms with Gasteiger partial charge in [-0.25, -0.2) is 0 Å². The Bertz CT molecular complexity index is 3060. The summed E-state index contributed by atoms with van der Waals surface area (Å²) in [4.78, 5) is 72.7. The van der Waals surface area contributed by atoms with E-state index in [4.69, 9.17) is 10.2 Å². The number of nitrogens with one attached hydrogen (secondary N) is 4. The fraction of sp³-hybridized carbons (Fsp3) is 0.136. The minimum absolute atomic E-state index is 0.00204. The third-order valence-corrected chi connectivity index (χ3v) is 12.0. The first kappa shape index (κ1) is 46.1. The number of hydrogen-bond donors (Lipinski definition) is 8. The highest BCUT2D eigenvalue weighted by molar-refractivity contribution is 7.91. The van der Waals surface area contributed by atoms with Gasteiger partial charge in [-0.1, -0.05) is 24.3 Å². The van der Waals surface area contributed by atoms with Gasteiger partial charge >= 0.3 is 11.9 Å². The summed E-state index contributed by atoms with van der Waals surface area (Å²) in [5, 5.41) is 31.2. The number of rotatable bonds is 18. The molecule has 8 N–H and O–H groups in total. The number of nitrogens with zero attached hydrogens (tertiary/aromatic N) is 2. The summed E-state index contributed by atoms with van der Waals surface area (Å²) in [5.41, 5.74) is 4.20. The lowest BCUT2D eigenvalue weighted by atomic mass is 9.94. The van der Waals surface area contributed by atoms with E-state index in [-0.39, 0.29) is 57.8 Å². The van der Waals surface area contributed by atoms with Crippen LogP contribution in [0, 0.1) is 0 Å². The van der Waals surface area contributed by atoms with E-state index in [0.29, 0.717) is 37.1 Å². The number of aryl methyl sites for hydroxylation is 2. The largest absolute Gasteiger partial charge is 0.481 e. The number of ketones is 2. The van der Waals surface area contributed by atoms with Crippen molar-refractivity contribution in [3.63, 3.8) is 0 Å². The predicted octanol–water partition coefficient (Wildman–Crippen LogP) is 5.37. The summed E-state index contributed by atoms with van der Waals surface area (Å²) in [6.45, 7) is 0. The summed E-state index contributed by atoms with van der Waals surface area (Å²) in [6.07, 6.45) is 3.84. The van der Waals surface area contributed by atoms with Crippen molar-refractivity contribution in [1.82, 2.24) is 0 Å². The van der Waals surface area contributed by atoms with Crippen molar-refractivity contribution in [1.29, 1.82) is 0 Å². The fourth-order valence-corrected chi connectivity index (χ4v) is 8.29. The van der Waals surface area contributed by atoms with E-state index in [1.165, 1.54) is 36.4 Å². The predicted molar refractivity (Wildman–Crippen MR) is 245 cm³/mol. The number of allylic oxidation sites excluding steroid dienone is 2. The van der Waals surface area contributed by atoms with Crippen LogP contribution < -0.4 is 32.3 Å². The van der Waals surface area contributed by atoms with Crippen LogP contribution in [-0.2, 0) is 42.7 Å². The number of anilines is 6. The van der Waals surface area contributed by atoms with E-state index >= 15 is 0 Å². The van der Waals surface area contributed by atoms with Gasteiger partial charge in [0.05, 0.1) is 11.4 Å². The molecular weight excluding hydrogens is 901 g/mol. The molecule has 0 aliphatic heterocycles. The molecule has 0 saturated heterocycles. The lowest BCUT2D eigenvalue weighted by Crippen LogP contribution is -2.36. The van der Waals surface area contributed by atoms with Gasteiger partial charge in [-0.15, -0.1) is 0 Å². The van der Waals surface area contributed by atoms with Crippen LogP contribution in [0.2, 0.25) is 0 Å². The highest BCUT2D eigenvalue weighted by atomic mass is 32.2. The molecule has 66 heavy (non-hydrogen) atoms. The Hall–Kier alpha value is -7.92. The third kappa shape index (κ3) is 10.4. The maximum Gasteiger partial charge on any atom is 0.303 e. The highest BCUT2D eigenvalue weighted by Gasteiger charge is 2.35. The summed E-state index contributed by atoms with van der Waals surface area (Å²) in [7, 11) is -10.1. The number of hydrazone groups is 2. The quantitative estimate of drug-likeness (QED) is 0.0311. The third-order valence-electron chi connectivity index (χ3n) is 10.3. The number of carboxylic acids is 2. The van der Waals surface area contributed by atoms with Gasteiger partial charge in [-0.05, 0) is 121 Å². The Balaban J connectivity index is 1.08. The second kappa shape index (κ2) is 18.7. The molecule has 0 amide bonds. The fourth-order valence-electron chi connectivity index (χ4n) is 6.98. The van der Waals surface area contributed by atoms with Gasteiger partial charge in [-0.3, -0.25) is 48.7 Å². The standard InChI is InChI=1S/C44H36N6O14S2/c51-35(52)5-1-3-23-7-11-27(12-8-23)47-49-37-33(65(59,60)61)21-25-19-29(15-17-31(25)41(37)55)45-39-40(44(58)43(39)57)46-30-16-18-32-26(20-30)22-34(66(62,63)64)38(42(32)56)50-48-28-13-9-24(10-14-28)4-2-6-36(53)54/h7-22,45-48H,1-6H2,(H,51,52)(H,53,54)(H,59,60,61)(H,62,63,64)/b49-37-,50-38-. The Kier molecular flexibility index (Phi) is 13.0. The molecular formula is C44H36N6O14S2. The van der Waals surface area contributed by atoms with Gasteiger partial charge in [0.2, 0.25) is 11.6 Å². The molecule has 0 atom stereocenters. The van der Waals surface area contributed by atoms with E-state index in [0.717, 1.165) is 23.3 Å². The smallest absolute Gasteiger partial charge is 0.303 e. The van der Waals surface area contributed by atoms with Crippen LogP contribution >= 0.6 is 0 Å². The highest BCUT2D eigenvalue weighted by Crippen LogP contribution is 2.33. The van der Waals surface area contributed by atoms with E-state index in [9.17, 15) is 54.7 Å². The number of carbonyl (C=O) groups is 4. The average Bonchev–Trinajstić information content (AvgIpc) is 3.26. The number of hydrogen-bond acceptors (Lipinski definition) is 16.